The number of halogens is 1. The van der Waals surface area contributed by atoms with E-state index in [9.17, 15) is 9.90 Å². The molecule has 18 heavy (non-hydrogen) atoms. The summed E-state index contributed by atoms with van der Waals surface area (Å²) in [6, 6.07) is 5.26. The van der Waals surface area contributed by atoms with Crippen molar-refractivity contribution in [1.29, 1.82) is 0 Å². The van der Waals surface area contributed by atoms with Gasteiger partial charge in [-0.05, 0) is 12.1 Å². The van der Waals surface area contributed by atoms with E-state index >= 15 is 0 Å². The van der Waals surface area contributed by atoms with Crippen molar-refractivity contribution >= 4 is 28.9 Å². The summed E-state index contributed by atoms with van der Waals surface area (Å²) in [5.74, 6) is 0.566. The number of hydrogen-bond acceptors (Lipinski definition) is 4. The zero-order chi connectivity index (χ0) is 13.5. The second kappa shape index (κ2) is 7.08. The number of carbonyl (C=O) groups is 1. The number of aliphatic hydroxyl groups is 1. The van der Waals surface area contributed by atoms with Crippen molar-refractivity contribution in [1.82, 2.24) is 0 Å². The van der Waals surface area contributed by atoms with Gasteiger partial charge in [-0.1, -0.05) is 0 Å². The largest absolute Gasteiger partial charge is 0.494 e. The highest BCUT2D eigenvalue weighted by atomic mass is 35.5. The molecular weight excluding hydrogens is 256 g/mol. The molecule has 0 spiro atoms. The SMILES string of the molecule is COc1cc(NCC(O)CCl)ccc1NC(C)=O. The van der Waals surface area contributed by atoms with Crippen LogP contribution in [0.4, 0.5) is 11.4 Å². The minimum absolute atomic E-state index is 0.161. The van der Waals surface area contributed by atoms with Crippen LogP contribution in [0, 0.1) is 0 Å². The highest BCUT2D eigenvalue weighted by molar-refractivity contribution is 6.18. The number of carbonyl (C=O) groups excluding carboxylic acids is 1. The first-order chi connectivity index (χ1) is 8.56. The maximum absolute atomic E-state index is 11.0. The lowest BCUT2D eigenvalue weighted by molar-refractivity contribution is -0.114. The van der Waals surface area contributed by atoms with E-state index in [0.717, 1.165) is 5.69 Å². The molecule has 1 amide bonds. The standard InChI is InChI=1S/C12H17ClN2O3/c1-8(16)15-11-4-3-9(5-12(11)18-2)14-7-10(17)6-13/h3-5,10,14,17H,6-7H2,1-2H3,(H,15,16). The first-order valence-corrected chi connectivity index (χ1v) is 6.03. The second-order valence-corrected chi connectivity index (χ2v) is 4.09. The van der Waals surface area contributed by atoms with E-state index in [0.29, 0.717) is 18.0 Å². The number of methoxy groups -OCH3 is 1. The monoisotopic (exact) mass is 272 g/mol. The zero-order valence-electron chi connectivity index (χ0n) is 10.4. The van der Waals surface area contributed by atoms with E-state index < -0.39 is 6.10 Å². The van der Waals surface area contributed by atoms with E-state index in [1.807, 2.05) is 0 Å². The molecule has 0 aliphatic rings. The predicted octanol–water partition coefficient (Wildman–Crippen LogP) is 1.67. The summed E-state index contributed by atoms with van der Waals surface area (Å²) in [5.41, 5.74) is 1.39. The third-order valence-corrected chi connectivity index (χ3v) is 2.59. The molecular formula is C12H17ClN2O3. The number of hydrogen-bond donors (Lipinski definition) is 3. The van der Waals surface area contributed by atoms with E-state index in [-0.39, 0.29) is 11.8 Å². The van der Waals surface area contributed by atoms with Crippen LogP contribution in [0.2, 0.25) is 0 Å². The van der Waals surface area contributed by atoms with Gasteiger partial charge in [0.25, 0.3) is 0 Å². The summed E-state index contributed by atoms with van der Waals surface area (Å²) in [5, 5.41) is 15.0. The van der Waals surface area contributed by atoms with E-state index in [2.05, 4.69) is 10.6 Å². The van der Waals surface area contributed by atoms with Crippen LogP contribution in [-0.4, -0.2) is 36.7 Å². The number of nitrogens with one attached hydrogen (secondary N) is 2. The van der Waals surface area contributed by atoms with Crippen molar-refractivity contribution in [2.24, 2.45) is 0 Å². The van der Waals surface area contributed by atoms with Crippen LogP contribution >= 0.6 is 11.6 Å². The van der Waals surface area contributed by atoms with Crippen molar-refractivity contribution in [2.75, 3.05) is 30.2 Å². The number of ether oxygens (including phenoxy) is 1. The van der Waals surface area contributed by atoms with Gasteiger partial charge >= 0.3 is 0 Å². The van der Waals surface area contributed by atoms with Crippen molar-refractivity contribution in [3.63, 3.8) is 0 Å². The molecule has 0 bridgehead atoms. The highest BCUT2D eigenvalue weighted by Crippen LogP contribution is 2.27. The van der Waals surface area contributed by atoms with Gasteiger partial charge in [-0.2, -0.15) is 0 Å². The lowest BCUT2D eigenvalue weighted by Gasteiger charge is -2.13. The molecule has 0 fully saturated rings. The average molecular weight is 273 g/mol. The van der Waals surface area contributed by atoms with Crippen molar-refractivity contribution in [2.45, 2.75) is 13.0 Å². The Balaban J connectivity index is 2.75. The predicted molar refractivity (Wildman–Crippen MR) is 72.5 cm³/mol. The first kappa shape index (κ1) is 14.6. The maximum atomic E-state index is 11.0. The Hall–Kier alpha value is -1.46. The Kier molecular flexibility index (Phi) is 5.74. The molecule has 100 valence electrons. The number of aliphatic hydroxyl groups excluding tert-OH is 1. The van der Waals surface area contributed by atoms with Gasteiger partial charge in [-0.3, -0.25) is 4.79 Å². The van der Waals surface area contributed by atoms with Gasteiger partial charge < -0.3 is 20.5 Å². The number of benzene rings is 1. The van der Waals surface area contributed by atoms with Crippen LogP contribution in [-0.2, 0) is 4.79 Å². The van der Waals surface area contributed by atoms with Crippen LogP contribution in [0.3, 0.4) is 0 Å². The van der Waals surface area contributed by atoms with Gasteiger partial charge in [0.2, 0.25) is 5.91 Å². The minimum atomic E-state index is -0.604. The van der Waals surface area contributed by atoms with E-state index in [1.165, 1.54) is 14.0 Å². The van der Waals surface area contributed by atoms with Gasteiger partial charge in [0, 0.05) is 25.2 Å². The fourth-order valence-electron chi connectivity index (χ4n) is 1.38. The summed E-state index contributed by atoms with van der Waals surface area (Å²) in [6.45, 7) is 1.79. The second-order valence-electron chi connectivity index (χ2n) is 3.79. The third kappa shape index (κ3) is 4.43. The van der Waals surface area contributed by atoms with Crippen LogP contribution in [0.25, 0.3) is 0 Å². The summed E-state index contributed by atoms with van der Waals surface area (Å²) < 4.78 is 5.18. The normalized spacial score (nSPS) is 11.8. The Bertz CT molecular complexity index is 412. The Morgan fingerprint density at radius 1 is 1.56 bits per heavy atom. The molecule has 1 aromatic rings. The molecule has 0 heterocycles. The molecule has 0 aromatic heterocycles. The lowest BCUT2D eigenvalue weighted by atomic mass is 10.2. The zero-order valence-corrected chi connectivity index (χ0v) is 11.1. The number of rotatable bonds is 6. The van der Waals surface area contributed by atoms with Crippen molar-refractivity contribution in [3.8, 4) is 5.75 Å². The van der Waals surface area contributed by atoms with Gasteiger partial charge in [0.05, 0.1) is 24.8 Å². The Morgan fingerprint density at radius 3 is 2.83 bits per heavy atom. The average Bonchev–Trinajstić information content (AvgIpc) is 2.36. The molecule has 0 aliphatic carbocycles. The fourth-order valence-corrected chi connectivity index (χ4v) is 1.49. The number of alkyl halides is 1. The molecule has 3 N–H and O–H groups in total. The Labute approximate surface area is 111 Å². The van der Waals surface area contributed by atoms with Crippen molar-refractivity contribution < 1.29 is 14.6 Å². The molecule has 0 saturated heterocycles. The molecule has 0 aliphatic heterocycles. The van der Waals surface area contributed by atoms with Gasteiger partial charge in [-0.25, -0.2) is 0 Å². The molecule has 1 aromatic carbocycles. The molecule has 1 atom stereocenters. The smallest absolute Gasteiger partial charge is 0.221 e. The molecule has 0 saturated carbocycles. The number of anilines is 2. The van der Waals surface area contributed by atoms with E-state index in [4.69, 9.17) is 16.3 Å². The molecule has 5 nitrogen and oxygen atoms in total. The van der Waals surface area contributed by atoms with Gasteiger partial charge in [0.1, 0.15) is 5.75 Å². The minimum Gasteiger partial charge on any atom is -0.494 e. The fraction of sp³-hybridized carbons (Fsp3) is 0.417. The summed E-state index contributed by atoms with van der Waals surface area (Å²) in [7, 11) is 1.53. The Morgan fingerprint density at radius 2 is 2.28 bits per heavy atom. The molecule has 1 unspecified atom stereocenters. The third-order valence-electron chi connectivity index (χ3n) is 2.23. The van der Waals surface area contributed by atoms with Crippen LogP contribution in [0.1, 0.15) is 6.92 Å². The van der Waals surface area contributed by atoms with Crippen LogP contribution in [0.5, 0.6) is 5.75 Å². The quantitative estimate of drug-likeness (QED) is 0.689. The maximum Gasteiger partial charge on any atom is 0.221 e. The van der Waals surface area contributed by atoms with Gasteiger partial charge in [0.15, 0.2) is 0 Å². The summed E-state index contributed by atoms with van der Waals surface area (Å²) in [4.78, 5) is 11.0. The first-order valence-electron chi connectivity index (χ1n) is 5.50. The summed E-state index contributed by atoms with van der Waals surface area (Å²) in [6.07, 6.45) is -0.604. The molecule has 0 radical (unpaired) electrons. The molecule has 6 heteroatoms. The van der Waals surface area contributed by atoms with Crippen LogP contribution < -0.4 is 15.4 Å². The highest BCUT2D eigenvalue weighted by Gasteiger charge is 2.07. The number of amides is 1. The van der Waals surface area contributed by atoms with Crippen LogP contribution in [0.15, 0.2) is 18.2 Å². The molecule has 1 rings (SSSR count). The van der Waals surface area contributed by atoms with E-state index in [1.54, 1.807) is 18.2 Å². The summed E-state index contributed by atoms with van der Waals surface area (Å²) >= 11 is 5.50. The van der Waals surface area contributed by atoms with Gasteiger partial charge in [-0.15, -0.1) is 11.6 Å². The lowest BCUT2D eigenvalue weighted by Crippen LogP contribution is -2.20. The van der Waals surface area contributed by atoms with Crippen molar-refractivity contribution in [3.05, 3.63) is 18.2 Å². The topological polar surface area (TPSA) is 70.6 Å².